The van der Waals surface area contributed by atoms with Crippen molar-refractivity contribution in [1.82, 2.24) is 4.90 Å². The Balaban J connectivity index is 1.35. The number of hydrogen-bond donors (Lipinski definition) is 2. The quantitative estimate of drug-likeness (QED) is 0.0784. The average molecular weight is 756 g/mol. The van der Waals surface area contributed by atoms with Gasteiger partial charge in [0.2, 0.25) is 0 Å². The van der Waals surface area contributed by atoms with Gasteiger partial charge in [0.25, 0.3) is 0 Å². The van der Waals surface area contributed by atoms with E-state index in [0.29, 0.717) is 29.7 Å². The Hall–Kier alpha value is -3.95. The van der Waals surface area contributed by atoms with Crippen LogP contribution in [0.1, 0.15) is 128 Å². The van der Waals surface area contributed by atoms with E-state index in [1.165, 1.54) is 18.4 Å². The second-order valence-corrected chi connectivity index (χ2v) is 17.4. The average Bonchev–Trinajstić information content (AvgIpc) is 3.69. The first-order chi connectivity index (χ1) is 26.0. The van der Waals surface area contributed by atoms with E-state index >= 15 is 0 Å². The summed E-state index contributed by atoms with van der Waals surface area (Å²) in [6.07, 6.45) is 16.4. The van der Waals surface area contributed by atoms with Crippen molar-refractivity contribution >= 4 is 17.5 Å². The van der Waals surface area contributed by atoms with Gasteiger partial charge in [0.15, 0.2) is 22.8 Å². The summed E-state index contributed by atoms with van der Waals surface area (Å²) in [6.45, 7) is 19.2. The van der Waals surface area contributed by atoms with Crippen molar-refractivity contribution in [1.29, 1.82) is 0 Å². The molecule has 3 heterocycles. The van der Waals surface area contributed by atoms with Gasteiger partial charge in [0.1, 0.15) is 22.8 Å². The molecule has 1 saturated carbocycles. The molecule has 3 fully saturated rings. The van der Waals surface area contributed by atoms with Crippen molar-refractivity contribution in [2.24, 2.45) is 11.8 Å². The molecule has 9 heteroatoms. The van der Waals surface area contributed by atoms with Gasteiger partial charge in [-0.1, -0.05) is 47.1 Å². The molecule has 4 atom stereocenters. The number of ether oxygens (including phenoxy) is 3. The minimum atomic E-state index is -1.62. The van der Waals surface area contributed by atoms with E-state index < -0.39 is 40.4 Å². The van der Waals surface area contributed by atoms with E-state index in [1.54, 1.807) is 19.1 Å². The number of carbonyl (C=O) groups excluding carboxylic acids is 3. The number of hydrogen-bond acceptors (Lipinski definition) is 9. The van der Waals surface area contributed by atoms with Gasteiger partial charge in [0, 0.05) is 40.5 Å². The first-order valence-electron chi connectivity index (χ1n) is 20.3. The number of phenolic OH excluding ortho intramolecular Hbond substituents is 2. The SMILES string of the molecule is CC(C)=CCC/C(C)=C/Cc1c(O)c(CC=C(C)C)c2c(c1O)C(=O)C1=CC3CC4C(C)(C)OC(C/C=C(/C)C(=O)OCCCCN5CCCC5)(C3=O)C14O2. The predicted molar refractivity (Wildman–Crippen MR) is 214 cm³/mol. The third kappa shape index (κ3) is 7.39. The van der Waals surface area contributed by atoms with Gasteiger partial charge in [-0.25, -0.2) is 4.79 Å². The number of aromatic hydroxyl groups is 2. The van der Waals surface area contributed by atoms with Gasteiger partial charge in [0.05, 0.1) is 12.2 Å². The van der Waals surface area contributed by atoms with Crippen molar-refractivity contribution in [2.45, 2.75) is 136 Å². The molecule has 9 nitrogen and oxygen atoms in total. The molecule has 0 radical (unpaired) electrons. The maximum atomic E-state index is 14.9. The fourth-order valence-electron chi connectivity index (χ4n) is 9.52. The standard InChI is InChI=1S/C46H61NO8/c1-28(2)14-13-15-30(5)17-19-33-38(48)34(18-16-29(3)4)41-37(39(33)49)40(50)35-26-32-27-36-44(7,8)55-45(42(32)51,46(35,36)54-41)21-20-31(6)43(52)53-25-12-11-24-47-22-9-10-23-47/h14,16-17,20,26,32,36,48-49H,9-13,15,18-19,21-25,27H2,1-8H3/b30-17+,31-20-. The van der Waals surface area contributed by atoms with Crippen molar-refractivity contribution in [3.8, 4) is 17.2 Å². The summed E-state index contributed by atoms with van der Waals surface area (Å²) in [5.74, 6) is -2.42. The zero-order chi connectivity index (χ0) is 39.9. The third-order valence-electron chi connectivity index (χ3n) is 12.5. The van der Waals surface area contributed by atoms with Gasteiger partial charge in [-0.15, -0.1) is 0 Å². The van der Waals surface area contributed by atoms with Crippen molar-refractivity contribution in [2.75, 3.05) is 26.2 Å². The van der Waals surface area contributed by atoms with Crippen LogP contribution < -0.4 is 4.74 Å². The lowest BCUT2D eigenvalue weighted by molar-refractivity contribution is -0.171. The van der Waals surface area contributed by atoms with Gasteiger partial charge >= 0.3 is 5.97 Å². The highest BCUT2D eigenvalue weighted by Gasteiger charge is 2.81. The number of Topliss-reactive ketones (excluding diaryl/α,β-unsaturated/α-hetero) is 2. The Labute approximate surface area is 327 Å². The Morgan fingerprint density at radius 3 is 2.31 bits per heavy atom. The summed E-state index contributed by atoms with van der Waals surface area (Å²) in [4.78, 5) is 45.1. The van der Waals surface area contributed by atoms with E-state index in [2.05, 4.69) is 24.8 Å². The molecule has 3 aliphatic carbocycles. The first kappa shape index (κ1) is 40.7. The molecule has 0 amide bonds. The lowest BCUT2D eigenvalue weighted by Crippen LogP contribution is -2.72. The Bertz CT molecular complexity index is 1880. The van der Waals surface area contributed by atoms with Gasteiger partial charge < -0.3 is 29.3 Å². The number of rotatable bonds is 15. The number of phenols is 2. The first-order valence-corrected chi connectivity index (χ1v) is 20.3. The molecule has 6 aliphatic rings. The highest BCUT2D eigenvalue weighted by molar-refractivity contribution is 6.18. The molecule has 1 aromatic rings. The number of esters is 1. The van der Waals surface area contributed by atoms with E-state index in [-0.39, 0.29) is 53.4 Å². The maximum Gasteiger partial charge on any atom is 0.333 e. The topological polar surface area (TPSA) is 123 Å². The molecule has 0 aromatic heterocycles. The number of allylic oxidation sites excluding steroid dienone is 7. The molecule has 4 bridgehead atoms. The lowest BCUT2D eigenvalue weighted by atomic mass is 9.51. The number of fused-ring (bicyclic) bond motifs is 1. The van der Waals surface area contributed by atoms with Crippen LogP contribution in [-0.4, -0.2) is 75.7 Å². The van der Waals surface area contributed by atoms with Crippen LogP contribution in [0.4, 0.5) is 0 Å². The van der Waals surface area contributed by atoms with Gasteiger partial charge in [-0.2, -0.15) is 0 Å². The Kier molecular flexibility index (Phi) is 11.8. The maximum absolute atomic E-state index is 14.9. The van der Waals surface area contributed by atoms with E-state index in [1.807, 2.05) is 46.8 Å². The van der Waals surface area contributed by atoms with Gasteiger partial charge in [-0.3, -0.25) is 9.59 Å². The summed E-state index contributed by atoms with van der Waals surface area (Å²) < 4.78 is 19.6. The number of nitrogens with zero attached hydrogens (tertiary/aromatic N) is 1. The summed E-state index contributed by atoms with van der Waals surface area (Å²) in [5.41, 5.74) is 0.629. The van der Waals surface area contributed by atoms with Crippen molar-refractivity contribution in [3.05, 3.63) is 74.9 Å². The highest BCUT2D eigenvalue weighted by Crippen LogP contribution is 2.68. The Morgan fingerprint density at radius 1 is 0.927 bits per heavy atom. The zero-order valence-corrected chi connectivity index (χ0v) is 34.2. The summed E-state index contributed by atoms with van der Waals surface area (Å²) in [6, 6.07) is 0. The Morgan fingerprint density at radius 2 is 1.62 bits per heavy atom. The highest BCUT2D eigenvalue weighted by atomic mass is 16.6. The van der Waals surface area contributed by atoms with Crippen LogP contribution in [0.2, 0.25) is 0 Å². The second-order valence-electron chi connectivity index (χ2n) is 17.4. The van der Waals surface area contributed by atoms with Crippen LogP contribution in [-0.2, 0) is 31.9 Å². The predicted octanol–water partition coefficient (Wildman–Crippen LogP) is 8.60. The number of likely N-dealkylation sites (tertiary alicyclic amines) is 1. The fourth-order valence-corrected chi connectivity index (χ4v) is 9.52. The summed E-state index contributed by atoms with van der Waals surface area (Å²) in [7, 11) is 0. The van der Waals surface area contributed by atoms with Gasteiger partial charge in [-0.05, 0) is 133 Å². The smallest absolute Gasteiger partial charge is 0.333 e. The molecule has 7 rings (SSSR count). The molecular formula is C46H61NO8. The minimum absolute atomic E-state index is 0.00446. The second kappa shape index (κ2) is 15.9. The van der Waals surface area contributed by atoms with Crippen LogP contribution >= 0.6 is 0 Å². The van der Waals surface area contributed by atoms with E-state index in [9.17, 15) is 24.6 Å². The zero-order valence-electron chi connectivity index (χ0n) is 34.2. The molecule has 1 aromatic carbocycles. The summed E-state index contributed by atoms with van der Waals surface area (Å²) in [5, 5.41) is 23.8. The molecule has 298 valence electrons. The molecule has 55 heavy (non-hydrogen) atoms. The number of unbranched alkanes of at least 4 members (excludes halogenated alkanes) is 1. The number of ketones is 2. The van der Waals surface area contributed by atoms with E-state index in [4.69, 9.17) is 14.2 Å². The lowest BCUT2D eigenvalue weighted by Gasteiger charge is -2.56. The monoisotopic (exact) mass is 755 g/mol. The van der Waals surface area contributed by atoms with Crippen LogP contribution in [0.15, 0.2) is 58.2 Å². The minimum Gasteiger partial charge on any atom is -0.507 e. The molecular weight excluding hydrogens is 695 g/mol. The van der Waals surface area contributed by atoms with Crippen molar-refractivity contribution in [3.63, 3.8) is 0 Å². The van der Waals surface area contributed by atoms with Crippen molar-refractivity contribution < 1.29 is 38.8 Å². The normalized spacial score (nSPS) is 26.7. The molecule has 2 N–H and O–H groups in total. The number of benzene rings is 1. The summed E-state index contributed by atoms with van der Waals surface area (Å²) >= 11 is 0. The molecule has 1 spiro atoms. The molecule has 2 saturated heterocycles. The fraction of sp³-hybridized carbons (Fsp3) is 0.587. The largest absolute Gasteiger partial charge is 0.507 e. The van der Waals surface area contributed by atoms with Crippen LogP contribution in [0.25, 0.3) is 0 Å². The van der Waals surface area contributed by atoms with Crippen LogP contribution in [0.5, 0.6) is 17.2 Å². The van der Waals surface area contributed by atoms with Crippen LogP contribution in [0.3, 0.4) is 0 Å². The van der Waals surface area contributed by atoms with Crippen LogP contribution in [0, 0.1) is 11.8 Å². The molecule has 4 unspecified atom stereocenters. The van der Waals surface area contributed by atoms with E-state index in [0.717, 1.165) is 56.5 Å². The molecule has 3 aliphatic heterocycles. The number of carbonyl (C=O) groups is 3. The third-order valence-corrected chi connectivity index (χ3v) is 12.5.